The Bertz CT molecular complexity index is 131. The van der Waals surface area contributed by atoms with Crippen molar-refractivity contribution in [1.82, 2.24) is 0 Å². The van der Waals surface area contributed by atoms with Crippen molar-refractivity contribution in [3.8, 4) is 0 Å². The highest BCUT2D eigenvalue weighted by molar-refractivity contribution is 5.84. The van der Waals surface area contributed by atoms with E-state index in [0.717, 1.165) is 0 Å². The Morgan fingerprint density at radius 1 is 1.67 bits per heavy atom. The summed E-state index contributed by atoms with van der Waals surface area (Å²) in [6.07, 6.45) is 0. The molecule has 0 aromatic rings. The lowest BCUT2D eigenvalue weighted by Crippen LogP contribution is -2.05. The number of carboxylic acid groups (broad SMARTS) is 1. The van der Waals surface area contributed by atoms with Gasteiger partial charge >= 0.3 is 5.97 Å². The predicted molar refractivity (Wildman–Crippen MR) is 47.4 cm³/mol. The molecule has 0 fully saturated rings. The number of hydrogen-bond donors (Lipinski definition) is 2. The second-order valence-corrected chi connectivity index (χ2v) is 2.81. The van der Waals surface area contributed by atoms with Gasteiger partial charge in [-0.15, -0.1) is 0 Å². The number of rotatable bonds is 3. The van der Waals surface area contributed by atoms with Crippen LogP contribution in [0.3, 0.4) is 0 Å². The van der Waals surface area contributed by atoms with Crippen molar-refractivity contribution < 1.29 is 14.7 Å². The van der Waals surface area contributed by atoms with Crippen LogP contribution < -0.4 is 5.90 Å². The van der Waals surface area contributed by atoms with E-state index in [1.807, 2.05) is 13.8 Å². The lowest BCUT2D eigenvalue weighted by molar-refractivity contribution is -0.132. The average molecular weight is 175 g/mol. The predicted octanol–water partition coefficient (Wildman–Crippen LogP) is 1.18. The third-order valence-electron chi connectivity index (χ3n) is 0.795. The number of nitrogens with two attached hydrogens (primary N) is 1. The van der Waals surface area contributed by atoms with Crippen LogP contribution in [0.25, 0.3) is 0 Å². The Hall–Kier alpha value is -0.870. The van der Waals surface area contributed by atoms with Gasteiger partial charge in [-0.2, -0.15) is 0 Å². The van der Waals surface area contributed by atoms with Gasteiger partial charge in [0.25, 0.3) is 0 Å². The van der Waals surface area contributed by atoms with Crippen molar-refractivity contribution in [2.45, 2.75) is 20.8 Å². The van der Waals surface area contributed by atoms with E-state index in [0.29, 0.717) is 12.5 Å². The van der Waals surface area contributed by atoms with E-state index in [4.69, 9.17) is 11.0 Å². The molecule has 0 bridgehead atoms. The van der Waals surface area contributed by atoms with Gasteiger partial charge in [0, 0.05) is 5.57 Å². The number of hydrogen-bond acceptors (Lipinski definition) is 3. The van der Waals surface area contributed by atoms with Gasteiger partial charge in [-0.25, -0.2) is 10.7 Å². The van der Waals surface area contributed by atoms with Crippen LogP contribution in [0.2, 0.25) is 0 Å². The number of carbonyl (C=O) groups is 1. The summed E-state index contributed by atoms with van der Waals surface area (Å²) < 4.78 is 0. The van der Waals surface area contributed by atoms with E-state index in [1.54, 1.807) is 0 Å². The summed E-state index contributed by atoms with van der Waals surface area (Å²) in [5.74, 6) is 4.35. The van der Waals surface area contributed by atoms with E-state index in [-0.39, 0.29) is 5.57 Å². The van der Waals surface area contributed by atoms with Crippen LogP contribution in [0.15, 0.2) is 12.2 Å². The quantitative estimate of drug-likeness (QED) is 0.499. The second-order valence-electron chi connectivity index (χ2n) is 2.81. The van der Waals surface area contributed by atoms with E-state index >= 15 is 0 Å². The highest BCUT2D eigenvalue weighted by Gasteiger charge is 1.90. The molecule has 0 amide bonds. The fourth-order valence-corrected chi connectivity index (χ4v) is 0.192. The van der Waals surface area contributed by atoms with Crippen molar-refractivity contribution in [2.75, 3.05) is 6.61 Å². The Kier molecular flexibility index (Phi) is 9.40. The first-order valence-corrected chi connectivity index (χ1v) is 3.62. The van der Waals surface area contributed by atoms with Crippen molar-refractivity contribution in [3.63, 3.8) is 0 Å². The Morgan fingerprint density at radius 3 is 2.00 bits per heavy atom. The van der Waals surface area contributed by atoms with Crippen LogP contribution in [0.1, 0.15) is 20.8 Å². The van der Waals surface area contributed by atoms with Gasteiger partial charge in [-0.1, -0.05) is 20.4 Å². The van der Waals surface area contributed by atoms with Crippen LogP contribution >= 0.6 is 0 Å². The first-order valence-electron chi connectivity index (χ1n) is 3.62. The van der Waals surface area contributed by atoms with Crippen molar-refractivity contribution >= 4 is 5.97 Å². The van der Waals surface area contributed by atoms with Gasteiger partial charge in [0.1, 0.15) is 0 Å². The highest BCUT2D eigenvalue weighted by atomic mass is 16.6. The average Bonchev–Trinajstić information content (AvgIpc) is 1.87. The zero-order valence-electron chi connectivity index (χ0n) is 7.83. The molecule has 4 nitrogen and oxygen atoms in total. The van der Waals surface area contributed by atoms with E-state index in [2.05, 4.69) is 11.4 Å². The fraction of sp³-hybridized carbons (Fsp3) is 0.625. The summed E-state index contributed by atoms with van der Waals surface area (Å²) in [6.45, 7) is 9.35. The maximum absolute atomic E-state index is 9.60. The molecular weight excluding hydrogens is 158 g/mol. The van der Waals surface area contributed by atoms with Gasteiger partial charge in [0.2, 0.25) is 0 Å². The minimum absolute atomic E-state index is 0.176. The van der Waals surface area contributed by atoms with Crippen molar-refractivity contribution in [1.29, 1.82) is 0 Å². The van der Waals surface area contributed by atoms with E-state index in [9.17, 15) is 4.79 Å². The summed E-state index contributed by atoms with van der Waals surface area (Å²) in [7, 11) is 0. The van der Waals surface area contributed by atoms with Crippen molar-refractivity contribution in [2.24, 2.45) is 11.8 Å². The molecule has 12 heavy (non-hydrogen) atoms. The van der Waals surface area contributed by atoms with Gasteiger partial charge < -0.3 is 9.94 Å². The van der Waals surface area contributed by atoms with Crippen LogP contribution in [0.5, 0.6) is 0 Å². The van der Waals surface area contributed by atoms with Gasteiger partial charge in [0.15, 0.2) is 0 Å². The van der Waals surface area contributed by atoms with E-state index in [1.165, 1.54) is 6.92 Å². The smallest absolute Gasteiger partial charge is 0.330 e. The number of aliphatic carboxylic acids is 1. The zero-order chi connectivity index (χ0) is 10.1. The summed E-state index contributed by atoms with van der Waals surface area (Å²) in [6, 6.07) is 0. The van der Waals surface area contributed by atoms with Crippen LogP contribution in [-0.2, 0) is 9.63 Å². The molecule has 0 aromatic carbocycles. The van der Waals surface area contributed by atoms with Gasteiger partial charge in [-0.3, -0.25) is 0 Å². The maximum atomic E-state index is 9.60. The molecule has 0 heterocycles. The fourth-order valence-electron chi connectivity index (χ4n) is 0.192. The minimum Gasteiger partial charge on any atom is -0.478 e. The number of carboxylic acids is 1. The molecule has 0 rings (SSSR count). The summed E-state index contributed by atoms with van der Waals surface area (Å²) in [5, 5.41) is 7.89. The summed E-state index contributed by atoms with van der Waals surface area (Å²) >= 11 is 0. The van der Waals surface area contributed by atoms with Crippen LogP contribution in [-0.4, -0.2) is 17.7 Å². The molecule has 3 N–H and O–H groups in total. The van der Waals surface area contributed by atoms with Gasteiger partial charge in [-0.05, 0) is 12.8 Å². The molecule has 0 aliphatic carbocycles. The lowest BCUT2D eigenvalue weighted by atomic mass is 10.2. The molecule has 0 aromatic heterocycles. The Labute approximate surface area is 73.0 Å². The largest absolute Gasteiger partial charge is 0.478 e. The first kappa shape index (κ1) is 13.7. The molecule has 4 heteroatoms. The molecule has 0 radical (unpaired) electrons. The minimum atomic E-state index is -0.935. The first-order chi connectivity index (χ1) is 5.41. The summed E-state index contributed by atoms with van der Waals surface area (Å²) in [5.41, 5.74) is 0.176. The molecule has 0 saturated carbocycles. The topological polar surface area (TPSA) is 72.5 Å². The normalized spacial score (nSPS) is 8.75. The van der Waals surface area contributed by atoms with Crippen LogP contribution in [0, 0.1) is 5.92 Å². The molecule has 72 valence electrons. The SMILES string of the molecule is C=C(C)C(=O)O.CC(C)CON. The monoisotopic (exact) mass is 175 g/mol. The van der Waals surface area contributed by atoms with Crippen molar-refractivity contribution in [3.05, 3.63) is 12.2 Å². The molecule has 0 aliphatic rings. The molecule has 0 saturated heterocycles. The molecule has 0 spiro atoms. The lowest BCUT2D eigenvalue weighted by Gasteiger charge is -1.96. The summed E-state index contributed by atoms with van der Waals surface area (Å²) in [4.78, 5) is 13.9. The standard InChI is InChI=1S/C4H11NO.C4H6O2/c1-4(2)3-6-5;1-3(2)4(5)6/h4H,3,5H2,1-2H3;1H2,2H3,(H,5,6). The zero-order valence-corrected chi connectivity index (χ0v) is 7.83. The third kappa shape index (κ3) is 16.1. The van der Waals surface area contributed by atoms with Gasteiger partial charge in [0.05, 0.1) is 6.61 Å². The molecular formula is C8H17NO3. The molecule has 0 aliphatic heterocycles. The van der Waals surface area contributed by atoms with Crippen LogP contribution in [0.4, 0.5) is 0 Å². The second kappa shape index (κ2) is 8.23. The molecule has 0 atom stereocenters. The third-order valence-corrected chi connectivity index (χ3v) is 0.795. The van der Waals surface area contributed by atoms with E-state index < -0.39 is 5.97 Å². The maximum Gasteiger partial charge on any atom is 0.330 e. The highest BCUT2D eigenvalue weighted by Crippen LogP contribution is 1.86. The Morgan fingerprint density at radius 2 is 2.00 bits per heavy atom. The Balaban J connectivity index is 0. The molecule has 0 unspecified atom stereocenters.